The lowest BCUT2D eigenvalue weighted by atomic mass is 9.99. The minimum absolute atomic E-state index is 0.621. The first-order valence-corrected chi connectivity index (χ1v) is 5.67. The van der Waals surface area contributed by atoms with E-state index in [9.17, 15) is 0 Å². The summed E-state index contributed by atoms with van der Waals surface area (Å²) in [6, 6.07) is 8.32. The molecule has 3 nitrogen and oxygen atoms in total. The second kappa shape index (κ2) is 3.37. The van der Waals surface area contributed by atoms with Crippen LogP contribution >= 0.6 is 0 Å². The number of anilines is 1. The lowest BCUT2D eigenvalue weighted by molar-refractivity contribution is 0.968. The summed E-state index contributed by atoms with van der Waals surface area (Å²) in [5.74, 6) is 1.26. The quantitative estimate of drug-likeness (QED) is 0.806. The van der Waals surface area contributed by atoms with Crippen molar-refractivity contribution in [1.29, 1.82) is 0 Å². The van der Waals surface area contributed by atoms with Gasteiger partial charge in [-0.25, -0.2) is 0 Å². The summed E-state index contributed by atoms with van der Waals surface area (Å²) in [4.78, 5) is 0. The largest absolute Gasteiger partial charge is 0.382 e. The first-order valence-electron chi connectivity index (χ1n) is 5.67. The van der Waals surface area contributed by atoms with Gasteiger partial charge in [0.25, 0.3) is 0 Å². The van der Waals surface area contributed by atoms with E-state index >= 15 is 0 Å². The molecule has 0 saturated heterocycles. The Morgan fingerprint density at radius 2 is 2.06 bits per heavy atom. The first-order chi connectivity index (χ1) is 7.77. The summed E-state index contributed by atoms with van der Waals surface area (Å²) in [7, 11) is 0. The van der Waals surface area contributed by atoms with Gasteiger partial charge in [0.05, 0.1) is 0 Å². The molecular weight excluding hydrogens is 198 g/mol. The molecule has 3 heteroatoms. The molecule has 3 N–H and O–H groups in total. The van der Waals surface area contributed by atoms with E-state index in [2.05, 4.69) is 29.3 Å². The lowest BCUT2D eigenvalue weighted by Crippen LogP contribution is -1.91. The molecule has 2 aromatic rings. The third kappa shape index (κ3) is 1.40. The number of nitrogens with zero attached hydrogens (tertiary/aromatic N) is 1. The number of aromatic amines is 1. The van der Waals surface area contributed by atoms with Crippen LogP contribution in [0.5, 0.6) is 0 Å². The molecule has 1 aromatic heterocycles. The van der Waals surface area contributed by atoms with Gasteiger partial charge in [0.2, 0.25) is 0 Å². The first kappa shape index (κ1) is 9.46. The van der Waals surface area contributed by atoms with E-state index < -0.39 is 0 Å². The maximum absolute atomic E-state index is 5.97. The molecule has 0 radical (unpaired) electrons. The summed E-state index contributed by atoms with van der Waals surface area (Å²) in [5, 5.41) is 7.23. The minimum atomic E-state index is 0.621. The zero-order chi connectivity index (χ0) is 11.1. The molecule has 0 atom stereocenters. The Labute approximate surface area is 94.7 Å². The lowest BCUT2D eigenvalue weighted by Gasteiger charge is -2.06. The Balaban J connectivity index is 2.18. The van der Waals surface area contributed by atoms with Gasteiger partial charge in [-0.1, -0.05) is 24.3 Å². The van der Waals surface area contributed by atoms with E-state index in [-0.39, 0.29) is 0 Å². The van der Waals surface area contributed by atoms with Crippen molar-refractivity contribution in [2.45, 2.75) is 25.7 Å². The Morgan fingerprint density at radius 3 is 2.75 bits per heavy atom. The van der Waals surface area contributed by atoms with Crippen molar-refractivity contribution in [3.05, 3.63) is 35.5 Å². The fraction of sp³-hybridized carbons (Fsp3) is 0.308. The van der Waals surface area contributed by atoms with Crippen molar-refractivity contribution in [2.75, 3.05) is 5.73 Å². The summed E-state index contributed by atoms with van der Waals surface area (Å²) in [5.41, 5.74) is 10.7. The minimum Gasteiger partial charge on any atom is -0.382 e. The van der Waals surface area contributed by atoms with Crippen molar-refractivity contribution < 1.29 is 0 Å². The van der Waals surface area contributed by atoms with Gasteiger partial charge in [-0.3, -0.25) is 5.10 Å². The molecule has 82 valence electrons. The van der Waals surface area contributed by atoms with Crippen LogP contribution in [0.25, 0.3) is 11.1 Å². The van der Waals surface area contributed by atoms with E-state index in [4.69, 9.17) is 5.73 Å². The van der Waals surface area contributed by atoms with Crippen LogP contribution in [-0.2, 0) is 0 Å². The fourth-order valence-corrected chi connectivity index (χ4v) is 2.17. The van der Waals surface area contributed by atoms with Gasteiger partial charge in [0.15, 0.2) is 5.82 Å². The van der Waals surface area contributed by atoms with Crippen molar-refractivity contribution >= 4 is 5.82 Å². The number of nitrogen functional groups attached to an aromatic ring is 1. The molecule has 1 aliphatic rings. The molecule has 3 rings (SSSR count). The topological polar surface area (TPSA) is 54.7 Å². The summed E-state index contributed by atoms with van der Waals surface area (Å²) < 4.78 is 0. The molecule has 0 unspecified atom stereocenters. The highest BCUT2D eigenvalue weighted by Crippen LogP contribution is 2.45. The van der Waals surface area contributed by atoms with Crippen molar-refractivity contribution in [2.24, 2.45) is 0 Å². The molecular formula is C13H15N3. The number of nitrogens with one attached hydrogen (secondary N) is 1. The number of rotatable bonds is 2. The van der Waals surface area contributed by atoms with Crippen LogP contribution in [0.2, 0.25) is 0 Å². The van der Waals surface area contributed by atoms with Gasteiger partial charge in [-0.05, 0) is 30.9 Å². The predicted octanol–water partition coefficient (Wildman–Crippen LogP) is 2.84. The van der Waals surface area contributed by atoms with Gasteiger partial charge in [-0.2, -0.15) is 5.10 Å². The summed E-state index contributed by atoms with van der Waals surface area (Å²) in [6.45, 7) is 2.11. The second-order valence-electron chi connectivity index (χ2n) is 4.49. The average molecular weight is 213 g/mol. The van der Waals surface area contributed by atoms with Crippen molar-refractivity contribution in [3.8, 4) is 11.1 Å². The van der Waals surface area contributed by atoms with Gasteiger partial charge in [0.1, 0.15) is 0 Å². The Morgan fingerprint density at radius 1 is 1.31 bits per heavy atom. The zero-order valence-electron chi connectivity index (χ0n) is 9.33. The molecule has 0 amide bonds. The van der Waals surface area contributed by atoms with Crippen LogP contribution < -0.4 is 5.73 Å². The molecule has 1 fully saturated rings. The van der Waals surface area contributed by atoms with Crippen LogP contribution in [-0.4, -0.2) is 10.2 Å². The van der Waals surface area contributed by atoms with Crippen molar-refractivity contribution in [3.63, 3.8) is 0 Å². The van der Waals surface area contributed by atoms with Gasteiger partial charge < -0.3 is 5.73 Å². The SMILES string of the molecule is Cc1ccccc1-c1c(N)n[nH]c1C1CC1. The van der Waals surface area contributed by atoms with E-state index in [1.54, 1.807) is 0 Å². The number of nitrogens with two attached hydrogens (primary N) is 1. The molecule has 1 heterocycles. The molecule has 1 aromatic carbocycles. The van der Waals surface area contributed by atoms with Crippen LogP contribution in [0, 0.1) is 6.92 Å². The smallest absolute Gasteiger partial charge is 0.153 e. The molecule has 0 bridgehead atoms. The van der Waals surface area contributed by atoms with Gasteiger partial charge in [-0.15, -0.1) is 0 Å². The van der Waals surface area contributed by atoms with E-state index in [1.165, 1.54) is 29.7 Å². The normalized spacial score (nSPS) is 15.3. The number of benzene rings is 1. The third-order valence-corrected chi connectivity index (χ3v) is 3.22. The molecule has 1 saturated carbocycles. The average Bonchev–Trinajstić information content (AvgIpc) is 3.04. The third-order valence-electron chi connectivity index (χ3n) is 3.22. The summed E-state index contributed by atoms with van der Waals surface area (Å²) in [6.07, 6.45) is 2.50. The number of hydrogen-bond donors (Lipinski definition) is 2. The number of H-pyrrole nitrogens is 1. The number of hydrogen-bond acceptors (Lipinski definition) is 2. The Hall–Kier alpha value is -1.77. The van der Waals surface area contributed by atoms with Crippen LogP contribution in [0.15, 0.2) is 24.3 Å². The highest BCUT2D eigenvalue weighted by atomic mass is 15.2. The Kier molecular flexibility index (Phi) is 1.99. The maximum atomic E-state index is 5.97. The number of aryl methyl sites for hydroxylation is 1. The Bertz CT molecular complexity index is 524. The van der Waals surface area contributed by atoms with Crippen LogP contribution in [0.4, 0.5) is 5.82 Å². The van der Waals surface area contributed by atoms with Gasteiger partial charge >= 0.3 is 0 Å². The highest BCUT2D eigenvalue weighted by Gasteiger charge is 2.30. The highest BCUT2D eigenvalue weighted by molar-refractivity contribution is 5.79. The maximum Gasteiger partial charge on any atom is 0.153 e. The van der Waals surface area contributed by atoms with E-state index in [1.807, 2.05) is 12.1 Å². The monoisotopic (exact) mass is 213 g/mol. The molecule has 1 aliphatic carbocycles. The van der Waals surface area contributed by atoms with E-state index in [0.29, 0.717) is 11.7 Å². The zero-order valence-corrected chi connectivity index (χ0v) is 9.33. The molecule has 0 aliphatic heterocycles. The van der Waals surface area contributed by atoms with Crippen LogP contribution in [0.1, 0.15) is 30.0 Å². The predicted molar refractivity (Wildman–Crippen MR) is 65.1 cm³/mol. The van der Waals surface area contributed by atoms with E-state index in [0.717, 1.165) is 5.56 Å². The number of aromatic nitrogens is 2. The fourth-order valence-electron chi connectivity index (χ4n) is 2.17. The van der Waals surface area contributed by atoms with Crippen molar-refractivity contribution in [1.82, 2.24) is 10.2 Å². The standard InChI is InChI=1S/C13H15N3/c1-8-4-2-3-5-10(8)11-12(9-6-7-9)15-16-13(11)14/h2-5,9H,6-7H2,1H3,(H3,14,15,16). The van der Waals surface area contributed by atoms with Gasteiger partial charge in [0, 0.05) is 17.2 Å². The molecule has 0 spiro atoms. The van der Waals surface area contributed by atoms with Crippen LogP contribution in [0.3, 0.4) is 0 Å². The second-order valence-corrected chi connectivity index (χ2v) is 4.49. The molecule has 16 heavy (non-hydrogen) atoms. The summed E-state index contributed by atoms with van der Waals surface area (Å²) >= 11 is 0.